The normalized spacial score (nSPS) is 18.5. The minimum Gasteiger partial charge on any atom is -0.508 e. The van der Waals surface area contributed by atoms with Crippen molar-refractivity contribution < 1.29 is 10.2 Å². The molecule has 2 aromatic carbocycles. The van der Waals surface area contributed by atoms with E-state index in [4.69, 9.17) is 0 Å². The highest BCUT2D eigenvalue weighted by Gasteiger charge is 2.25. The SMILES string of the molecule is CC(NC1CCc2c(O)cccc21)c1cccc(CO)c1. The molecule has 2 unspecified atom stereocenters. The fourth-order valence-electron chi connectivity index (χ4n) is 3.17. The summed E-state index contributed by atoms with van der Waals surface area (Å²) in [6.07, 6.45) is 1.93. The lowest BCUT2D eigenvalue weighted by Gasteiger charge is -2.21. The molecule has 0 saturated heterocycles. The van der Waals surface area contributed by atoms with E-state index in [1.165, 1.54) is 11.1 Å². The highest BCUT2D eigenvalue weighted by atomic mass is 16.3. The Bertz CT molecular complexity index is 639. The summed E-state index contributed by atoms with van der Waals surface area (Å²) in [6.45, 7) is 2.21. The van der Waals surface area contributed by atoms with Gasteiger partial charge in [0.05, 0.1) is 6.61 Å². The van der Waals surface area contributed by atoms with Gasteiger partial charge in [0.15, 0.2) is 0 Å². The minimum absolute atomic E-state index is 0.0701. The predicted molar refractivity (Wildman–Crippen MR) is 83.1 cm³/mol. The number of hydrogen-bond donors (Lipinski definition) is 3. The average molecular weight is 283 g/mol. The minimum atomic E-state index is 0.0701. The van der Waals surface area contributed by atoms with E-state index in [0.717, 1.165) is 24.0 Å². The van der Waals surface area contributed by atoms with Crippen molar-refractivity contribution in [3.05, 3.63) is 64.7 Å². The number of nitrogens with one attached hydrogen (secondary N) is 1. The second-order valence-corrected chi connectivity index (χ2v) is 5.73. The molecule has 3 rings (SSSR count). The standard InChI is InChI=1S/C18H21NO2/c1-12(14-5-2-4-13(10-14)11-20)19-17-9-8-16-15(17)6-3-7-18(16)21/h2-7,10,12,17,19-21H,8-9,11H2,1H3. The van der Waals surface area contributed by atoms with Crippen LogP contribution in [0, 0.1) is 0 Å². The number of aliphatic hydroxyl groups excluding tert-OH is 1. The lowest BCUT2D eigenvalue weighted by atomic mass is 10.0. The van der Waals surface area contributed by atoms with Crippen molar-refractivity contribution in [1.29, 1.82) is 0 Å². The molecule has 3 N–H and O–H groups in total. The van der Waals surface area contributed by atoms with Crippen molar-refractivity contribution in [1.82, 2.24) is 5.32 Å². The van der Waals surface area contributed by atoms with Crippen molar-refractivity contribution in [2.45, 2.75) is 38.5 Å². The predicted octanol–water partition coefficient (Wildman–Crippen LogP) is 3.22. The zero-order valence-corrected chi connectivity index (χ0v) is 12.2. The van der Waals surface area contributed by atoms with Gasteiger partial charge in [0.2, 0.25) is 0 Å². The van der Waals surface area contributed by atoms with E-state index in [0.29, 0.717) is 5.75 Å². The van der Waals surface area contributed by atoms with Crippen LogP contribution in [-0.2, 0) is 13.0 Å². The molecule has 0 heterocycles. The van der Waals surface area contributed by atoms with Crippen molar-refractivity contribution in [2.24, 2.45) is 0 Å². The highest BCUT2D eigenvalue weighted by Crippen LogP contribution is 2.37. The second-order valence-electron chi connectivity index (χ2n) is 5.73. The Morgan fingerprint density at radius 1 is 1.24 bits per heavy atom. The van der Waals surface area contributed by atoms with Gasteiger partial charge >= 0.3 is 0 Å². The van der Waals surface area contributed by atoms with Crippen LogP contribution >= 0.6 is 0 Å². The first kappa shape index (κ1) is 14.1. The van der Waals surface area contributed by atoms with Crippen molar-refractivity contribution in [3.8, 4) is 5.75 Å². The summed E-state index contributed by atoms with van der Waals surface area (Å²) in [7, 11) is 0. The zero-order chi connectivity index (χ0) is 14.8. The summed E-state index contributed by atoms with van der Waals surface area (Å²) in [5, 5.41) is 22.8. The van der Waals surface area contributed by atoms with Crippen LogP contribution in [-0.4, -0.2) is 10.2 Å². The van der Waals surface area contributed by atoms with E-state index >= 15 is 0 Å². The monoisotopic (exact) mass is 283 g/mol. The summed E-state index contributed by atoms with van der Waals surface area (Å²) < 4.78 is 0. The lowest BCUT2D eigenvalue weighted by Crippen LogP contribution is -2.23. The summed E-state index contributed by atoms with van der Waals surface area (Å²) in [5.41, 5.74) is 4.40. The molecule has 2 aromatic rings. The van der Waals surface area contributed by atoms with Crippen molar-refractivity contribution >= 4 is 0 Å². The number of aliphatic hydroxyl groups is 1. The van der Waals surface area contributed by atoms with Gasteiger partial charge in [-0.05, 0) is 48.1 Å². The molecule has 0 aliphatic heterocycles. The zero-order valence-electron chi connectivity index (χ0n) is 12.2. The Morgan fingerprint density at radius 3 is 2.86 bits per heavy atom. The third-order valence-corrected chi connectivity index (χ3v) is 4.33. The molecule has 0 radical (unpaired) electrons. The van der Waals surface area contributed by atoms with Gasteiger partial charge in [-0.1, -0.05) is 36.4 Å². The molecule has 0 aromatic heterocycles. The molecule has 2 atom stereocenters. The summed E-state index contributed by atoms with van der Waals surface area (Å²) in [4.78, 5) is 0. The van der Waals surface area contributed by atoms with Gasteiger partial charge in [-0.2, -0.15) is 0 Å². The Hall–Kier alpha value is -1.84. The van der Waals surface area contributed by atoms with Crippen LogP contribution in [0.3, 0.4) is 0 Å². The highest BCUT2D eigenvalue weighted by molar-refractivity contribution is 5.44. The Kier molecular flexibility index (Phi) is 3.95. The first-order chi connectivity index (χ1) is 10.2. The van der Waals surface area contributed by atoms with E-state index in [9.17, 15) is 10.2 Å². The van der Waals surface area contributed by atoms with E-state index in [1.807, 2.05) is 24.3 Å². The van der Waals surface area contributed by atoms with Crippen molar-refractivity contribution in [3.63, 3.8) is 0 Å². The van der Waals surface area contributed by atoms with E-state index in [1.54, 1.807) is 6.07 Å². The topological polar surface area (TPSA) is 52.5 Å². The quantitative estimate of drug-likeness (QED) is 0.807. The molecule has 3 heteroatoms. The molecule has 110 valence electrons. The number of rotatable bonds is 4. The maximum absolute atomic E-state index is 9.91. The van der Waals surface area contributed by atoms with Crippen LogP contribution in [0.1, 0.15) is 47.7 Å². The summed E-state index contributed by atoms with van der Waals surface area (Å²) in [5.74, 6) is 0.409. The molecular weight excluding hydrogens is 262 g/mol. The number of phenolic OH excluding ortho intramolecular Hbond substituents is 1. The molecule has 3 nitrogen and oxygen atoms in total. The number of phenols is 1. The van der Waals surface area contributed by atoms with Gasteiger partial charge in [0, 0.05) is 12.1 Å². The largest absolute Gasteiger partial charge is 0.508 e. The molecular formula is C18H21NO2. The molecule has 0 saturated carbocycles. The maximum atomic E-state index is 9.91. The average Bonchev–Trinajstić information content (AvgIpc) is 2.92. The fraction of sp³-hybridized carbons (Fsp3) is 0.333. The maximum Gasteiger partial charge on any atom is 0.119 e. The third-order valence-electron chi connectivity index (χ3n) is 4.33. The van der Waals surface area contributed by atoms with E-state index in [2.05, 4.69) is 24.4 Å². The molecule has 0 bridgehead atoms. The Labute approximate surface area is 125 Å². The molecule has 0 spiro atoms. The molecule has 21 heavy (non-hydrogen) atoms. The van der Waals surface area contributed by atoms with E-state index in [-0.39, 0.29) is 18.7 Å². The van der Waals surface area contributed by atoms with Gasteiger partial charge in [0.25, 0.3) is 0 Å². The van der Waals surface area contributed by atoms with Crippen LogP contribution in [0.5, 0.6) is 5.75 Å². The van der Waals surface area contributed by atoms with Gasteiger partial charge in [0.1, 0.15) is 5.75 Å². The number of fused-ring (bicyclic) bond motifs is 1. The molecule has 1 aliphatic rings. The van der Waals surface area contributed by atoms with Gasteiger partial charge in [-0.25, -0.2) is 0 Å². The van der Waals surface area contributed by atoms with Crippen LogP contribution in [0.15, 0.2) is 42.5 Å². The number of hydrogen-bond acceptors (Lipinski definition) is 3. The lowest BCUT2D eigenvalue weighted by molar-refractivity contribution is 0.281. The summed E-state index contributed by atoms with van der Waals surface area (Å²) in [6, 6.07) is 14.3. The smallest absolute Gasteiger partial charge is 0.119 e. The van der Waals surface area contributed by atoms with Gasteiger partial charge in [-0.15, -0.1) is 0 Å². The third kappa shape index (κ3) is 2.80. The van der Waals surface area contributed by atoms with Crippen LogP contribution in [0.25, 0.3) is 0 Å². The molecule has 0 fully saturated rings. The van der Waals surface area contributed by atoms with E-state index < -0.39 is 0 Å². The first-order valence-corrected chi connectivity index (χ1v) is 7.45. The summed E-state index contributed by atoms with van der Waals surface area (Å²) >= 11 is 0. The van der Waals surface area contributed by atoms with Crippen LogP contribution in [0.2, 0.25) is 0 Å². The number of benzene rings is 2. The van der Waals surface area contributed by atoms with Crippen LogP contribution < -0.4 is 5.32 Å². The Balaban J connectivity index is 1.77. The fourth-order valence-corrected chi connectivity index (χ4v) is 3.17. The molecule has 1 aliphatic carbocycles. The van der Waals surface area contributed by atoms with Gasteiger partial charge < -0.3 is 15.5 Å². The second kappa shape index (κ2) is 5.88. The van der Waals surface area contributed by atoms with Crippen LogP contribution in [0.4, 0.5) is 0 Å². The molecule has 0 amide bonds. The van der Waals surface area contributed by atoms with Gasteiger partial charge in [-0.3, -0.25) is 0 Å². The Morgan fingerprint density at radius 2 is 2.05 bits per heavy atom. The van der Waals surface area contributed by atoms with Crippen molar-refractivity contribution in [2.75, 3.05) is 0 Å². The number of aromatic hydroxyl groups is 1. The first-order valence-electron chi connectivity index (χ1n) is 7.45.